The summed E-state index contributed by atoms with van der Waals surface area (Å²) in [6.07, 6.45) is 3.43. The molecule has 12 heavy (non-hydrogen) atoms. The molecule has 0 radical (unpaired) electrons. The normalized spacial score (nSPS) is 10.5. The van der Waals surface area contributed by atoms with E-state index in [9.17, 15) is 0 Å². The van der Waals surface area contributed by atoms with Crippen LogP contribution in [0.15, 0.2) is 18.5 Å². The van der Waals surface area contributed by atoms with Gasteiger partial charge in [0.15, 0.2) is 5.15 Å². The number of pyridine rings is 1. The van der Waals surface area contributed by atoms with E-state index in [1.54, 1.807) is 12.4 Å². The molecule has 0 aliphatic rings. The summed E-state index contributed by atoms with van der Waals surface area (Å²) in [6, 6.07) is 1.83. The van der Waals surface area contributed by atoms with Crippen LogP contribution in [0.25, 0.3) is 10.8 Å². The Bertz CT molecular complexity index is 387. The third-order valence-corrected chi connectivity index (χ3v) is 2.00. The van der Waals surface area contributed by atoms with Crippen LogP contribution in [0.4, 0.5) is 0 Å². The predicted octanol–water partition coefficient (Wildman–Crippen LogP) is 1.99. The van der Waals surface area contributed by atoms with Gasteiger partial charge in [0.1, 0.15) is 0 Å². The number of rotatable bonds is 0. The molecule has 0 unspecified atom stereocenters. The second-order valence-corrected chi connectivity index (χ2v) is 2.86. The highest BCUT2D eigenvalue weighted by Crippen LogP contribution is 2.20. The number of halogens is 1. The molecular weight excluding hydrogens is 174 g/mol. The van der Waals surface area contributed by atoms with Gasteiger partial charge in [-0.1, -0.05) is 11.6 Å². The summed E-state index contributed by atoms with van der Waals surface area (Å²) < 4.78 is 0. The monoisotopic (exact) mass is 179 g/mol. The van der Waals surface area contributed by atoms with Gasteiger partial charge >= 0.3 is 0 Å². The third kappa shape index (κ3) is 1.02. The Hall–Kier alpha value is -1.22. The van der Waals surface area contributed by atoms with E-state index in [-0.39, 0.29) is 0 Å². The molecule has 0 N–H and O–H groups in total. The van der Waals surface area contributed by atoms with E-state index >= 15 is 0 Å². The molecule has 0 aliphatic carbocycles. The fourth-order valence-corrected chi connectivity index (χ4v) is 1.29. The maximum Gasteiger partial charge on any atom is 0.159 e. The molecule has 0 bridgehead atoms. The van der Waals surface area contributed by atoms with Crippen molar-refractivity contribution in [1.29, 1.82) is 0 Å². The van der Waals surface area contributed by atoms with E-state index in [0.717, 1.165) is 16.5 Å². The van der Waals surface area contributed by atoms with Crippen LogP contribution in [-0.2, 0) is 0 Å². The van der Waals surface area contributed by atoms with E-state index in [0.29, 0.717) is 5.15 Å². The van der Waals surface area contributed by atoms with Crippen LogP contribution >= 0.6 is 11.6 Å². The lowest BCUT2D eigenvalue weighted by Crippen LogP contribution is -1.90. The van der Waals surface area contributed by atoms with Crippen molar-refractivity contribution in [1.82, 2.24) is 15.2 Å². The second kappa shape index (κ2) is 2.68. The van der Waals surface area contributed by atoms with Crippen molar-refractivity contribution in [3.8, 4) is 0 Å². The zero-order valence-electron chi connectivity index (χ0n) is 6.45. The quantitative estimate of drug-likeness (QED) is 0.621. The predicted molar refractivity (Wildman–Crippen MR) is 47.1 cm³/mol. The van der Waals surface area contributed by atoms with Gasteiger partial charge in [-0.05, 0) is 13.0 Å². The van der Waals surface area contributed by atoms with Crippen molar-refractivity contribution >= 4 is 22.4 Å². The van der Waals surface area contributed by atoms with Gasteiger partial charge in [-0.2, -0.15) is 5.10 Å². The van der Waals surface area contributed by atoms with Crippen LogP contribution in [0.2, 0.25) is 5.15 Å². The van der Waals surface area contributed by atoms with Crippen molar-refractivity contribution in [2.24, 2.45) is 0 Å². The summed E-state index contributed by atoms with van der Waals surface area (Å²) in [4.78, 5) is 3.99. The highest BCUT2D eigenvalue weighted by Gasteiger charge is 2.02. The fraction of sp³-hybridized carbons (Fsp3) is 0.125. The number of aryl methyl sites for hydroxylation is 1. The number of fused-ring (bicyclic) bond motifs is 1. The molecular formula is C8H6ClN3. The minimum atomic E-state index is 0.429. The van der Waals surface area contributed by atoms with Crippen LogP contribution in [0, 0.1) is 6.92 Å². The largest absolute Gasteiger partial charge is 0.264 e. The van der Waals surface area contributed by atoms with E-state index in [1.807, 2.05) is 13.0 Å². The smallest absolute Gasteiger partial charge is 0.159 e. The molecule has 0 fully saturated rings. The Balaban J connectivity index is 2.95. The van der Waals surface area contributed by atoms with Gasteiger partial charge in [0, 0.05) is 23.2 Å². The lowest BCUT2D eigenvalue weighted by molar-refractivity contribution is 1.00. The SMILES string of the molecule is Cc1nnc(Cl)c2ccncc12. The second-order valence-electron chi connectivity index (χ2n) is 2.50. The first-order valence-electron chi connectivity index (χ1n) is 3.51. The highest BCUT2D eigenvalue weighted by molar-refractivity contribution is 6.34. The first-order valence-corrected chi connectivity index (χ1v) is 3.89. The molecule has 2 rings (SSSR count). The Kier molecular flexibility index (Phi) is 1.66. The number of nitrogens with zero attached hydrogens (tertiary/aromatic N) is 3. The third-order valence-electron chi connectivity index (χ3n) is 1.72. The molecule has 0 aliphatic heterocycles. The minimum absolute atomic E-state index is 0.429. The summed E-state index contributed by atoms with van der Waals surface area (Å²) in [5.74, 6) is 0. The first kappa shape index (κ1) is 7.43. The molecule has 4 heteroatoms. The van der Waals surface area contributed by atoms with Gasteiger partial charge in [-0.25, -0.2) is 0 Å². The fourth-order valence-electron chi connectivity index (χ4n) is 1.09. The Labute approximate surface area is 74.4 Å². The highest BCUT2D eigenvalue weighted by atomic mass is 35.5. The maximum atomic E-state index is 5.83. The van der Waals surface area contributed by atoms with Crippen LogP contribution in [0.1, 0.15) is 5.69 Å². The molecule has 3 nitrogen and oxygen atoms in total. The Morgan fingerprint density at radius 3 is 2.83 bits per heavy atom. The average molecular weight is 180 g/mol. The topological polar surface area (TPSA) is 38.7 Å². The van der Waals surface area contributed by atoms with Crippen LogP contribution in [0.5, 0.6) is 0 Å². The van der Waals surface area contributed by atoms with Gasteiger partial charge < -0.3 is 0 Å². The summed E-state index contributed by atoms with van der Waals surface area (Å²) in [7, 11) is 0. The maximum absolute atomic E-state index is 5.83. The van der Waals surface area contributed by atoms with Crippen LogP contribution < -0.4 is 0 Å². The Morgan fingerprint density at radius 2 is 2.08 bits per heavy atom. The summed E-state index contributed by atoms with van der Waals surface area (Å²) >= 11 is 5.83. The first-order chi connectivity index (χ1) is 5.79. The molecule has 0 saturated heterocycles. The van der Waals surface area contributed by atoms with Gasteiger partial charge in [-0.3, -0.25) is 4.98 Å². The Morgan fingerprint density at radius 1 is 1.25 bits per heavy atom. The zero-order valence-corrected chi connectivity index (χ0v) is 7.21. The van der Waals surface area contributed by atoms with Crippen molar-refractivity contribution in [2.75, 3.05) is 0 Å². The minimum Gasteiger partial charge on any atom is -0.264 e. The van der Waals surface area contributed by atoms with E-state index in [1.165, 1.54) is 0 Å². The number of hydrogen-bond donors (Lipinski definition) is 0. The molecule has 0 aromatic carbocycles. The number of hydrogen-bond acceptors (Lipinski definition) is 3. The van der Waals surface area contributed by atoms with Gasteiger partial charge in [0.05, 0.1) is 5.69 Å². The van der Waals surface area contributed by atoms with E-state index < -0.39 is 0 Å². The molecule has 0 spiro atoms. The van der Waals surface area contributed by atoms with Gasteiger partial charge in [-0.15, -0.1) is 5.10 Å². The van der Waals surface area contributed by atoms with Crippen molar-refractivity contribution < 1.29 is 0 Å². The van der Waals surface area contributed by atoms with E-state index in [2.05, 4.69) is 15.2 Å². The lowest BCUT2D eigenvalue weighted by Gasteiger charge is -1.99. The van der Waals surface area contributed by atoms with Crippen LogP contribution in [0.3, 0.4) is 0 Å². The van der Waals surface area contributed by atoms with Crippen LogP contribution in [-0.4, -0.2) is 15.2 Å². The van der Waals surface area contributed by atoms with Gasteiger partial charge in [0.25, 0.3) is 0 Å². The molecule has 2 heterocycles. The molecule has 60 valence electrons. The van der Waals surface area contributed by atoms with Crippen molar-refractivity contribution in [3.63, 3.8) is 0 Å². The molecule has 2 aromatic rings. The summed E-state index contributed by atoms with van der Waals surface area (Å²) in [5, 5.41) is 9.97. The standard InChI is InChI=1S/C8H6ClN3/c1-5-7-4-10-3-2-6(7)8(9)12-11-5/h2-4H,1H3. The summed E-state index contributed by atoms with van der Waals surface area (Å²) in [6.45, 7) is 1.88. The molecule has 0 amide bonds. The average Bonchev–Trinajstić information content (AvgIpc) is 2.12. The molecule has 0 saturated carbocycles. The summed E-state index contributed by atoms with van der Waals surface area (Å²) in [5.41, 5.74) is 0.850. The van der Waals surface area contributed by atoms with Crippen molar-refractivity contribution in [2.45, 2.75) is 6.92 Å². The zero-order chi connectivity index (χ0) is 8.55. The molecule has 0 atom stereocenters. The van der Waals surface area contributed by atoms with Crippen molar-refractivity contribution in [3.05, 3.63) is 29.3 Å². The van der Waals surface area contributed by atoms with E-state index in [4.69, 9.17) is 11.6 Å². The van der Waals surface area contributed by atoms with Gasteiger partial charge in [0.2, 0.25) is 0 Å². The number of aromatic nitrogens is 3. The lowest BCUT2D eigenvalue weighted by atomic mass is 10.2. The molecule has 2 aromatic heterocycles.